The van der Waals surface area contributed by atoms with Crippen molar-refractivity contribution in [2.45, 2.75) is 38.7 Å². The van der Waals surface area contributed by atoms with Gasteiger partial charge in [0.1, 0.15) is 17.7 Å². The quantitative estimate of drug-likeness (QED) is 0.724. The standard InChI is InChI=1S/C19H17F5N4O2/c1-9(12-4-3-11(20)7-14(12)21)26-17(29)10(2)28-8-13-15(27-18(28)30)5-6-25-16(13)19(22,23)24/h3-7,9-10H,8H2,1-2H3,(H,26,29)(H,27,30). The normalized spacial score (nSPS) is 15.8. The lowest BCUT2D eigenvalue weighted by Gasteiger charge is -2.34. The molecule has 0 fully saturated rings. The number of urea groups is 1. The molecular formula is C19H17F5N4O2. The molecule has 3 amide bonds. The molecular weight excluding hydrogens is 411 g/mol. The molecule has 0 radical (unpaired) electrons. The van der Waals surface area contributed by atoms with Crippen LogP contribution in [-0.4, -0.2) is 27.9 Å². The lowest BCUT2D eigenvalue weighted by atomic mass is 10.1. The third kappa shape index (κ3) is 4.19. The topological polar surface area (TPSA) is 74.3 Å². The fourth-order valence-corrected chi connectivity index (χ4v) is 3.16. The average Bonchev–Trinajstić information content (AvgIpc) is 2.65. The number of hydrogen-bond acceptors (Lipinski definition) is 3. The number of benzene rings is 1. The van der Waals surface area contributed by atoms with Crippen molar-refractivity contribution in [3.63, 3.8) is 0 Å². The number of carbonyl (C=O) groups is 2. The number of pyridine rings is 1. The number of aromatic nitrogens is 1. The molecule has 1 aromatic carbocycles. The third-order valence-corrected chi connectivity index (χ3v) is 4.79. The summed E-state index contributed by atoms with van der Waals surface area (Å²) in [7, 11) is 0. The third-order valence-electron chi connectivity index (χ3n) is 4.79. The zero-order chi connectivity index (χ0) is 22.2. The summed E-state index contributed by atoms with van der Waals surface area (Å²) in [5, 5.41) is 4.81. The summed E-state index contributed by atoms with van der Waals surface area (Å²) in [6.45, 7) is 2.30. The van der Waals surface area contributed by atoms with Crippen molar-refractivity contribution in [1.29, 1.82) is 0 Å². The highest BCUT2D eigenvalue weighted by molar-refractivity contribution is 5.96. The molecule has 2 aromatic rings. The van der Waals surface area contributed by atoms with Gasteiger partial charge in [-0.2, -0.15) is 13.2 Å². The Morgan fingerprint density at radius 2 is 1.93 bits per heavy atom. The number of nitrogens with zero attached hydrogens (tertiary/aromatic N) is 2. The molecule has 6 nitrogen and oxygen atoms in total. The molecule has 0 bridgehead atoms. The van der Waals surface area contributed by atoms with E-state index < -0.39 is 54.1 Å². The average molecular weight is 428 g/mol. The van der Waals surface area contributed by atoms with Crippen molar-refractivity contribution < 1.29 is 31.5 Å². The van der Waals surface area contributed by atoms with Crippen LogP contribution in [0.25, 0.3) is 0 Å². The van der Waals surface area contributed by atoms with Crippen LogP contribution in [0.2, 0.25) is 0 Å². The van der Waals surface area contributed by atoms with E-state index in [0.29, 0.717) is 6.07 Å². The molecule has 0 saturated carbocycles. The van der Waals surface area contributed by atoms with Gasteiger partial charge in [0.15, 0.2) is 5.69 Å². The molecule has 2 atom stereocenters. The van der Waals surface area contributed by atoms with Gasteiger partial charge >= 0.3 is 12.2 Å². The van der Waals surface area contributed by atoms with Gasteiger partial charge in [-0.15, -0.1) is 0 Å². The fourth-order valence-electron chi connectivity index (χ4n) is 3.16. The second-order valence-corrected chi connectivity index (χ2v) is 6.81. The van der Waals surface area contributed by atoms with E-state index in [9.17, 15) is 31.5 Å². The van der Waals surface area contributed by atoms with Crippen molar-refractivity contribution in [2.24, 2.45) is 0 Å². The second kappa shape index (κ2) is 7.88. The SMILES string of the molecule is CC(NC(=O)C(C)N1Cc2c(ccnc2C(F)(F)F)NC1=O)c1ccc(F)cc1F. The van der Waals surface area contributed by atoms with Gasteiger partial charge in [-0.05, 0) is 26.0 Å². The number of nitrogens with one attached hydrogen (secondary N) is 2. The molecule has 0 saturated heterocycles. The highest BCUT2D eigenvalue weighted by Gasteiger charge is 2.40. The predicted molar refractivity (Wildman–Crippen MR) is 96.2 cm³/mol. The summed E-state index contributed by atoms with van der Waals surface area (Å²) >= 11 is 0. The molecule has 2 N–H and O–H groups in total. The first-order chi connectivity index (χ1) is 14.0. The first-order valence-electron chi connectivity index (χ1n) is 8.87. The minimum atomic E-state index is -4.74. The maximum atomic E-state index is 13.9. The molecule has 2 heterocycles. The Labute approximate surface area is 168 Å². The summed E-state index contributed by atoms with van der Waals surface area (Å²) in [4.78, 5) is 29.2. The second-order valence-electron chi connectivity index (χ2n) is 6.81. The van der Waals surface area contributed by atoms with Gasteiger partial charge in [0.25, 0.3) is 0 Å². The largest absolute Gasteiger partial charge is 0.433 e. The maximum absolute atomic E-state index is 13.9. The van der Waals surface area contributed by atoms with Crippen molar-refractivity contribution in [2.75, 3.05) is 5.32 Å². The molecule has 0 spiro atoms. The molecule has 30 heavy (non-hydrogen) atoms. The van der Waals surface area contributed by atoms with Gasteiger partial charge < -0.3 is 15.5 Å². The van der Waals surface area contributed by atoms with Gasteiger partial charge in [-0.1, -0.05) is 6.07 Å². The molecule has 0 aliphatic carbocycles. The van der Waals surface area contributed by atoms with E-state index >= 15 is 0 Å². The summed E-state index contributed by atoms with van der Waals surface area (Å²) in [6.07, 6.45) is -3.80. The minimum absolute atomic E-state index is 0.0222. The number of amides is 3. The monoisotopic (exact) mass is 428 g/mol. The van der Waals surface area contributed by atoms with Crippen LogP contribution in [-0.2, 0) is 17.5 Å². The molecule has 2 unspecified atom stereocenters. The summed E-state index contributed by atoms with van der Waals surface area (Å²) in [6, 6.07) is 1.31. The Balaban J connectivity index is 1.79. The predicted octanol–water partition coefficient (Wildman–Crippen LogP) is 3.99. The van der Waals surface area contributed by atoms with Crippen molar-refractivity contribution in [1.82, 2.24) is 15.2 Å². The zero-order valence-corrected chi connectivity index (χ0v) is 15.8. The first kappa shape index (κ1) is 21.5. The van der Waals surface area contributed by atoms with Gasteiger partial charge in [-0.3, -0.25) is 9.78 Å². The lowest BCUT2D eigenvalue weighted by Crippen LogP contribution is -2.51. The van der Waals surface area contributed by atoms with E-state index in [2.05, 4.69) is 15.6 Å². The Morgan fingerprint density at radius 3 is 2.57 bits per heavy atom. The van der Waals surface area contributed by atoms with E-state index in [1.165, 1.54) is 26.0 Å². The number of rotatable bonds is 4. The Kier molecular flexibility index (Phi) is 5.64. The molecule has 1 aliphatic rings. The highest BCUT2D eigenvalue weighted by Crippen LogP contribution is 2.36. The molecule has 11 heteroatoms. The van der Waals surface area contributed by atoms with Crippen LogP contribution in [0.1, 0.15) is 36.7 Å². The van der Waals surface area contributed by atoms with Crippen LogP contribution in [0, 0.1) is 11.6 Å². The van der Waals surface area contributed by atoms with Crippen LogP contribution in [0.5, 0.6) is 0 Å². The molecule has 160 valence electrons. The van der Waals surface area contributed by atoms with E-state index in [-0.39, 0.29) is 16.8 Å². The Hall–Kier alpha value is -3.24. The van der Waals surface area contributed by atoms with E-state index in [1.54, 1.807) is 0 Å². The Bertz CT molecular complexity index is 995. The van der Waals surface area contributed by atoms with Crippen LogP contribution in [0.3, 0.4) is 0 Å². The smallest absolute Gasteiger partial charge is 0.348 e. The van der Waals surface area contributed by atoms with E-state index in [4.69, 9.17) is 0 Å². The zero-order valence-electron chi connectivity index (χ0n) is 15.8. The fraction of sp³-hybridized carbons (Fsp3) is 0.316. The van der Waals surface area contributed by atoms with Crippen molar-refractivity contribution in [3.8, 4) is 0 Å². The van der Waals surface area contributed by atoms with Crippen LogP contribution in [0.15, 0.2) is 30.5 Å². The lowest BCUT2D eigenvalue weighted by molar-refractivity contribution is -0.142. The molecule has 1 aliphatic heterocycles. The van der Waals surface area contributed by atoms with E-state index in [1.807, 2.05) is 0 Å². The number of carbonyl (C=O) groups excluding carboxylic acids is 2. The number of alkyl halides is 3. The van der Waals surface area contributed by atoms with Gasteiger partial charge in [0.2, 0.25) is 5.91 Å². The molecule has 1 aromatic heterocycles. The molecule has 3 rings (SSSR count). The number of fused-ring (bicyclic) bond motifs is 1. The number of anilines is 1. The number of hydrogen-bond donors (Lipinski definition) is 2. The van der Waals surface area contributed by atoms with Crippen LogP contribution < -0.4 is 10.6 Å². The first-order valence-corrected chi connectivity index (χ1v) is 8.87. The summed E-state index contributed by atoms with van der Waals surface area (Å²) < 4.78 is 66.7. The summed E-state index contributed by atoms with van der Waals surface area (Å²) in [5.74, 6) is -2.36. The van der Waals surface area contributed by atoms with Crippen molar-refractivity contribution >= 4 is 17.6 Å². The minimum Gasteiger partial charge on any atom is -0.348 e. The van der Waals surface area contributed by atoms with Gasteiger partial charge in [0.05, 0.1) is 18.3 Å². The maximum Gasteiger partial charge on any atom is 0.433 e. The Morgan fingerprint density at radius 1 is 1.23 bits per heavy atom. The highest BCUT2D eigenvalue weighted by atomic mass is 19.4. The van der Waals surface area contributed by atoms with E-state index in [0.717, 1.165) is 17.2 Å². The van der Waals surface area contributed by atoms with Crippen LogP contribution >= 0.6 is 0 Å². The number of halogens is 5. The van der Waals surface area contributed by atoms with Crippen molar-refractivity contribution in [3.05, 3.63) is 58.9 Å². The van der Waals surface area contributed by atoms with Crippen LogP contribution in [0.4, 0.5) is 32.4 Å². The van der Waals surface area contributed by atoms with Gasteiger partial charge in [-0.25, -0.2) is 13.6 Å². The van der Waals surface area contributed by atoms with Gasteiger partial charge in [0, 0.05) is 23.4 Å². The summed E-state index contributed by atoms with van der Waals surface area (Å²) in [5.41, 5.74) is -1.43.